The average Bonchev–Trinajstić information content (AvgIpc) is 2.49. The normalized spacial score (nSPS) is 21.3. The van der Waals surface area contributed by atoms with Crippen molar-refractivity contribution in [3.8, 4) is 11.8 Å². The molecular weight excluding hydrogens is 284 g/mol. The molecule has 122 valence electrons. The number of methoxy groups -OCH3 is 1. The molecule has 0 aromatic carbocycles. The van der Waals surface area contributed by atoms with E-state index in [1.54, 1.807) is 19.5 Å². The van der Waals surface area contributed by atoms with Crippen molar-refractivity contribution in [3.63, 3.8) is 0 Å². The van der Waals surface area contributed by atoms with E-state index >= 15 is 0 Å². The molecule has 0 radical (unpaired) electrons. The maximum atomic E-state index is 11.7. The molecule has 0 atom stereocenters. The fourth-order valence-electron chi connectivity index (χ4n) is 2.51. The van der Waals surface area contributed by atoms with E-state index in [1.807, 2.05) is 13.8 Å². The summed E-state index contributed by atoms with van der Waals surface area (Å²) < 4.78 is 11.0. The van der Waals surface area contributed by atoms with Crippen molar-refractivity contribution < 1.29 is 14.3 Å². The van der Waals surface area contributed by atoms with Gasteiger partial charge in [0.15, 0.2) is 0 Å². The number of hydrogen-bond acceptors (Lipinski definition) is 5. The van der Waals surface area contributed by atoms with E-state index in [4.69, 9.17) is 9.47 Å². The third-order valence-corrected chi connectivity index (χ3v) is 3.53. The van der Waals surface area contributed by atoms with Crippen LogP contribution in [0.3, 0.4) is 0 Å². The number of urea groups is 1. The predicted octanol–water partition coefficient (Wildman–Crippen LogP) is 1.88. The summed E-state index contributed by atoms with van der Waals surface area (Å²) in [6.07, 6.45) is 6.74. The lowest BCUT2D eigenvalue weighted by Crippen LogP contribution is -2.46. The van der Waals surface area contributed by atoms with Gasteiger partial charge in [0, 0.05) is 24.5 Å². The quantitative estimate of drug-likeness (QED) is 0.867. The van der Waals surface area contributed by atoms with E-state index in [0.717, 1.165) is 25.7 Å². The number of nitrogens with zero attached hydrogens (tertiary/aromatic N) is 2. The van der Waals surface area contributed by atoms with Crippen molar-refractivity contribution in [2.24, 2.45) is 0 Å². The summed E-state index contributed by atoms with van der Waals surface area (Å²) in [5.74, 6) is 0.831. The monoisotopic (exact) mass is 308 g/mol. The molecule has 2 N–H and O–H groups in total. The van der Waals surface area contributed by atoms with Crippen LogP contribution in [0.1, 0.15) is 39.5 Å². The minimum Gasteiger partial charge on any atom is -0.477 e. The summed E-state index contributed by atoms with van der Waals surface area (Å²) in [6.45, 7) is 3.89. The molecule has 2 rings (SSSR count). The first-order chi connectivity index (χ1) is 10.6. The lowest BCUT2D eigenvalue weighted by atomic mass is 9.93. The highest BCUT2D eigenvalue weighted by Crippen LogP contribution is 2.27. The van der Waals surface area contributed by atoms with Crippen LogP contribution in [0.25, 0.3) is 0 Å². The van der Waals surface area contributed by atoms with E-state index in [-0.39, 0.29) is 24.2 Å². The number of carbonyl (C=O) groups is 1. The second-order valence-corrected chi connectivity index (χ2v) is 5.73. The van der Waals surface area contributed by atoms with Gasteiger partial charge >= 0.3 is 6.03 Å². The molecule has 22 heavy (non-hydrogen) atoms. The fraction of sp³-hybridized carbons (Fsp3) is 0.667. The molecule has 7 heteroatoms. The Balaban J connectivity index is 1.79. The smallest absolute Gasteiger partial charge is 0.315 e. The topological polar surface area (TPSA) is 85.4 Å². The molecule has 1 fully saturated rings. The van der Waals surface area contributed by atoms with Crippen LogP contribution in [0.4, 0.5) is 4.79 Å². The second-order valence-electron chi connectivity index (χ2n) is 5.73. The zero-order chi connectivity index (χ0) is 15.9. The van der Waals surface area contributed by atoms with Crippen LogP contribution in [0.15, 0.2) is 12.4 Å². The van der Waals surface area contributed by atoms with Crippen molar-refractivity contribution in [1.82, 2.24) is 20.6 Å². The fourth-order valence-corrected chi connectivity index (χ4v) is 2.51. The Hall–Kier alpha value is -2.05. The molecule has 7 nitrogen and oxygen atoms in total. The Kier molecular flexibility index (Phi) is 5.80. The predicted molar refractivity (Wildman–Crippen MR) is 82.1 cm³/mol. The molecule has 1 saturated carbocycles. The van der Waals surface area contributed by atoms with Crippen LogP contribution in [-0.2, 0) is 0 Å². The highest BCUT2D eigenvalue weighted by Gasteiger charge is 2.25. The summed E-state index contributed by atoms with van der Waals surface area (Å²) in [6, 6.07) is 0.237. The summed E-state index contributed by atoms with van der Waals surface area (Å²) >= 11 is 0. The van der Waals surface area contributed by atoms with Gasteiger partial charge in [0.2, 0.25) is 0 Å². The van der Waals surface area contributed by atoms with E-state index in [1.165, 1.54) is 0 Å². The van der Waals surface area contributed by atoms with Gasteiger partial charge in [0.05, 0.1) is 7.11 Å². The molecule has 1 heterocycles. The van der Waals surface area contributed by atoms with Crippen molar-refractivity contribution in [1.29, 1.82) is 0 Å². The Morgan fingerprint density at radius 1 is 1.18 bits per heavy atom. The van der Waals surface area contributed by atoms with Crippen LogP contribution in [0.5, 0.6) is 11.8 Å². The molecule has 0 saturated heterocycles. The minimum atomic E-state index is -0.102. The summed E-state index contributed by atoms with van der Waals surface area (Å²) in [7, 11) is 1.55. The van der Waals surface area contributed by atoms with Crippen LogP contribution in [0, 0.1) is 0 Å². The Labute approximate surface area is 130 Å². The third-order valence-electron chi connectivity index (χ3n) is 3.53. The maximum absolute atomic E-state index is 11.7. The molecule has 1 aromatic heterocycles. The first-order valence-corrected chi connectivity index (χ1v) is 7.67. The lowest BCUT2D eigenvalue weighted by molar-refractivity contribution is 0.129. The molecule has 1 aliphatic rings. The van der Waals surface area contributed by atoms with E-state index in [0.29, 0.717) is 11.8 Å². The number of aromatic nitrogens is 2. The zero-order valence-corrected chi connectivity index (χ0v) is 13.3. The van der Waals surface area contributed by atoms with Crippen molar-refractivity contribution in [2.45, 2.75) is 57.7 Å². The van der Waals surface area contributed by atoms with Gasteiger partial charge in [0.1, 0.15) is 6.10 Å². The van der Waals surface area contributed by atoms with Crippen LogP contribution in [-0.4, -0.2) is 41.3 Å². The molecule has 0 bridgehead atoms. The SMILES string of the molecule is COc1nccnc1OC1CCC(NC(=O)NC(C)C)CC1. The molecule has 2 amide bonds. The van der Waals surface area contributed by atoms with Gasteiger partial charge in [-0.15, -0.1) is 0 Å². The van der Waals surface area contributed by atoms with Gasteiger partial charge in [-0.05, 0) is 39.5 Å². The van der Waals surface area contributed by atoms with Gasteiger partial charge in [-0.25, -0.2) is 14.8 Å². The van der Waals surface area contributed by atoms with E-state index < -0.39 is 0 Å². The van der Waals surface area contributed by atoms with Gasteiger partial charge in [-0.3, -0.25) is 0 Å². The zero-order valence-electron chi connectivity index (χ0n) is 13.3. The molecule has 0 spiro atoms. The number of hydrogen-bond donors (Lipinski definition) is 2. The molecule has 1 aliphatic carbocycles. The van der Waals surface area contributed by atoms with Crippen molar-refractivity contribution in [2.75, 3.05) is 7.11 Å². The number of rotatable bonds is 5. The van der Waals surface area contributed by atoms with Crippen LogP contribution < -0.4 is 20.1 Å². The molecule has 1 aromatic rings. The second kappa shape index (κ2) is 7.82. The van der Waals surface area contributed by atoms with E-state index in [9.17, 15) is 4.79 Å². The van der Waals surface area contributed by atoms with Crippen molar-refractivity contribution >= 4 is 6.03 Å². The van der Waals surface area contributed by atoms with Crippen LogP contribution in [0.2, 0.25) is 0 Å². The molecule has 0 unspecified atom stereocenters. The Morgan fingerprint density at radius 3 is 2.41 bits per heavy atom. The Morgan fingerprint density at radius 2 is 1.82 bits per heavy atom. The summed E-state index contributed by atoms with van der Waals surface area (Å²) in [5.41, 5.74) is 0. The van der Waals surface area contributed by atoms with Gasteiger partial charge in [0.25, 0.3) is 11.8 Å². The number of nitrogens with one attached hydrogen (secondary N) is 2. The van der Waals surface area contributed by atoms with Gasteiger partial charge in [-0.1, -0.05) is 0 Å². The van der Waals surface area contributed by atoms with Crippen LogP contribution >= 0.6 is 0 Å². The summed E-state index contributed by atoms with van der Waals surface area (Å²) in [5, 5.41) is 5.84. The first-order valence-electron chi connectivity index (χ1n) is 7.67. The number of carbonyl (C=O) groups excluding carboxylic acids is 1. The van der Waals surface area contributed by atoms with E-state index in [2.05, 4.69) is 20.6 Å². The lowest BCUT2D eigenvalue weighted by Gasteiger charge is -2.29. The first kappa shape index (κ1) is 16.3. The largest absolute Gasteiger partial charge is 0.477 e. The number of amides is 2. The van der Waals surface area contributed by atoms with Gasteiger partial charge in [-0.2, -0.15) is 0 Å². The van der Waals surface area contributed by atoms with Gasteiger partial charge < -0.3 is 20.1 Å². The number of ether oxygens (including phenoxy) is 2. The Bertz CT molecular complexity index is 487. The minimum absolute atomic E-state index is 0.0804. The average molecular weight is 308 g/mol. The maximum Gasteiger partial charge on any atom is 0.315 e. The third kappa shape index (κ3) is 4.75. The summed E-state index contributed by atoms with van der Waals surface area (Å²) in [4.78, 5) is 19.9. The standard InChI is InChI=1S/C15H24N4O3/c1-10(2)18-15(20)19-11-4-6-12(7-5-11)22-14-13(21-3)16-8-9-17-14/h8-12H,4-7H2,1-3H3,(H2,18,19,20). The van der Waals surface area contributed by atoms with Crippen molar-refractivity contribution in [3.05, 3.63) is 12.4 Å². The molecule has 0 aliphatic heterocycles. The molecular formula is C15H24N4O3. The highest BCUT2D eigenvalue weighted by molar-refractivity contribution is 5.74. The highest BCUT2D eigenvalue weighted by atomic mass is 16.5.